The molecule has 1 aliphatic rings. The first kappa shape index (κ1) is 16.4. The molecule has 5 nitrogen and oxygen atoms in total. The summed E-state index contributed by atoms with van der Waals surface area (Å²) in [6, 6.07) is 1.97. The smallest absolute Gasteiger partial charge is 0.331 e. The first-order valence-electron chi connectivity index (χ1n) is 7.19. The van der Waals surface area contributed by atoms with E-state index in [-0.39, 0.29) is 12.6 Å². The van der Waals surface area contributed by atoms with Crippen LogP contribution < -0.4 is 5.32 Å². The molecule has 0 saturated carbocycles. The number of pyridine rings is 1. The third-order valence-corrected chi connectivity index (χ3v) is 4.46. The Morgan fingerprint density at radius 1 is 1.43 bits per heavy atom. The van der Waals surface area contributed by atoms with Crippen LogP contribution in [0.4, 0.5) is 0 Å². The number of halogens is 1. The van der Waals surface area contributed by atoms with Crippen molar-refractivity contribution in [1.29, 1.82) is 0 Å². The molecule has 0 unspecified atom stereocenters. The Hall–Kier alpha value is -0.980. The average molecular weight is 357 g/mol. The van der Waals surface area contributed by atoms with Crippen LogP contribution in [0.1, 0.15) is 31.2 Å². The fourth-order valence-electron chi connectivity index (χ4n) is 2.74. The molecule has 2 heterocycles. The number of ether oxygens (including phenoxy) is 2. The number of hydrogen-bond acceptors (Lipinski definition) is 5. The minimum atomic E-state index is -0.460. The van der Waals surface area contributed by atoms with E-state index in [0.29, 0.717) is 0 Å². The van der Waals surface area contributed by atoms with Crippen molar-refractivity contribution in [3.8, 4) is 0 Å². The third kappa shape index (κ3) is 4.25. The molecule has 2 rings (SSSR count). The third-order valence-electron chi connectivity index (χ3n) is 3.83. The molecule has 116 valence electrons. The van der Waals surface area contributed by atoms with Crippen molar-refractivity contribution in [3.63, 3.8) is 0 Å². The van der Waals surface area contributed by atoms with Crippen LogP contribution in [0.5, 0.6) is 0 Å². The summed E-state index contributed by atoms with van der Waals surface area (Å²) in [7, 11) is 1.38. The van der Waals surface area contributed by atoms with E-state index in [1.54, 1.807) is 12.4 Å². The lowest BCUT2D eigenvalue weighted by molar-refractivity contribution is -0.156. The van der Waals surface area contributed by atoms with E-state index in [9.17, 15) is 4.79 Å². The summed E-state index contributed by atoms with van der Waals surface area (Å²) in [5, 5.41) is 3.40. The fourth-order valence-corrected chi connectivity index (χ4v) is 3.35. The Balaban J connectivity index is 2.27. The van der Waals surface area contributed by atoms with E-state index in [0.717, 1.165) is 48.8 Å². The van der Waals surface area contributed by atoms with Gasteiger partial charge < -0.3 is 14.8 Å². The molecule has 1 fully saturated rings. The van der Waals surface area contributed by atoms with Crippen molar-refractivity contribution in [3.05, 3.63) is 28.5 Å². The molecule has 0 aromatic carbocycles. The van der Waals surface area contributed by atoms with Crippen LogP contribution >= 0.6 is 15.9 Å². The normalized spacial score (nSPS) is 18.6. The summed E-state index contributed by atoms with van der Waals surface area (Å²) < 4.78 is 11.7. The standard InChI is InChI=1S/C15H21BrN2O3/c1-20-14(19)11-21-15(5-2-7-17-8-3-6-15)12-4-9-18-10-13(12)16/h4,9-10,17H,2-3,5-8,11H2,1H3. The maximum atomic E-state index is 11.5. The first-order valence-corrected chi connectivity index (χ1v) is 7.99. The van der Waals surface area contributed by atoms with Gasteiger partial charge in [-0.2, -0.15) is 0 Å². The highest BCUT2D eigenvalue weighted by Gasteiger charge is 2.35. The lowest BCUT2D eigenvalue weighted by atomic mass is 9.84. The second kappa shape index (κ2) is 7.87. The molecule has 1 aromatic heterocycles. The van der Waals surface area contributed by atoms with Crippen molar-refractivity contribution in [1.82, 2.24) is 10.3 Å². The van der Waals surface area contributed by atoms with Gasteiger partial charge in [-0.1, -0.05) is 0 Å². The molecular weight excluding hydrogens is 336 g/mol. The van der Waals surface area contributed by atoms with Gasteiger partial charge in [0.15, 0.2) is 0 Å². The Morgan fingerprint density at radius 2 is 2.14 bits per heavy atom. The molecule has 0 aliphatic carbocycles. The van der Waals surface area contributed by atoms with Crippen LogP contribution in [0, 0.1) is 0 Å². The number of methoxy groups -OCH3 is 1. The van der Waals surface area contributed by atoms with Crippen LogP contribution in [0.3, 0.4) is 0 Å². The Kier molecular flexibility index (Phi) is 6.14. The van der Waals surface area contributed by atoms with Gasteiger partial charge in [0.2, 0.25) is 0 Å². The number of nitrogens with zero attached hydrogens (tertiary/aromatic N) is 1. The number of carbonyl (C=O) groups is 1. The fraction of sp³-hybridized carbons (Fsp3) is 0.600. The lowest BCUT2D eigenvalue weighted by Gasteiger charge is -2.36. The topological polar surface area (TPSA) is 60.5 Å². The number of nitrogens with one attached hydrogen (secondary N) is 1. The molecule has 1 N–H and O–H groups in total. The lowest BCUT2D eigenvalue weighted by Crippen LogP contribution is -2.36. The maximum Gasteiger partial charge on any atom is 0.331 e. The minimum absolute atomic E-state index is 0.0291. The molecule has 0 amide bonds. The van der Waals surface area contributed by atoms with Crippen molar-refractivity contribution in [2.75, 3.05) is 26.8 Å². The highest BCUT2D eigenvalue weighted by Crippen LogP contribution is 2.39. The van der Waals surface area contributed by atoms with Crippen molar-refractivity contribution in [2.45, 2.75) is 31.3 Å². The molecule has 0 bridgehead atoms. The van der Waals surface area contributed by atoms with Crippen LogP contribution in [-0.4, -0.2) is 37.8 Å². The largest absolute Gasteiger partial charge is 0.467 e. The number of aromatic nitrogens is 1. The zero-order valence-corrected chi connectivity index (χ0v) is 13.8. The van der Waals surface area contributed by atoms with E-state index in [4.69, 9.17) is 9.47 Å². The van der Waals surface area contributed by atoms with Crippen LogP contribution in [0.25, 0.3) is 0 Å². The maximum absolute atomic E-state index is 11.5. The molecule has 1 aliphatic heterocycles. The minimum Gasteiger partial charge on any atom is -0.467 e. The molecule has 1 aromatic rings. The van der Waals surface area contributed by atoms with Gasteiger partial charge in [0.1, 0.15) is 6.61 Å². The van der Waals surface area contributed by atoms with E-state index in [2.05, 4.69) is 26.2 Å². The SMILES string of the molecule is COC(=O)COC1(c2ccncc2Br)CCCNCCC1. The molecule has 0 atom stereocenters. The Morgan fingerprint density at radius 3 is 2.76 bits per heavy atom. The van der Waals surface area contributed by atoms with Crippen LogP contribution in [0.2, 0.25) is 0 Å². The average Bonchev–Trinajstić information content (AvgIpc) is 2.47. The monoisotopic (exact) mass is 356 g/mol. The van der Waals surface area contributed by atoms with Gasteiger partial charge in [-0.25, -0.2) is 4.79 Å². The van der Waals surface area contributed by atoms with Gasteiger partial charge in [-0.3, -0.25) is 4.98 Å². The summed E-state index contributed by atoms with van der Waals surface area (Å²) in [6.45, 7) is 1.90. The highest BCUT2D eigenvalue weighted by molar-refractivity contribution is 9.10. The summed E-state index contributed by atoms with van der Waals surface area (Å²) in [6.07, 6.45) is 7.25. The van der Waals surface area contributed by atoms with Gasteiger partial charge in [-0.15, -0.1) is 0 Å². The molecule has 0 radical (unpaired) electrons. The van der Waals surface area contributed by atoms with Gasteiger partial charge in [0.25, 0.3) is 0 Å². The summed E-state index contributed by atoms with van der Waals surface area (Å²) in [5.74, 6) is -0.347. The Bertz CT molecular complexity index is 474. The van der Waals surface area contributed by atoms with E-state index in [1.807, 2.05) is 6.07 Å². The van der Waals surface area contributed by atoms with Gasteiger partial charge >= 0.3 is 5.97 Å². The van der Waals surface area contributed by atoms with Gasteiger partial charge in [0, 0.05) is 22.4 Å². The number of rotatable bonds is 4. The van der Waals surface area contributed by atoms with Gasteiger partial charge in [-0.05, 0) is 60.8 Å². The zero-order chi connectivity index (χ0) is 15.1. The number of carbonyl (C=O) groups excluding carboxylic acids is 1. The predicted molar refractivity (Wildman–Crippen MR) is 82.9 cm³/mol. The van der Waals surface area contributed by atoms with Crippen LogP contribution in [-0.2, 0) is 19.9 Å². The van der Waals surface area contributed by atoms with E-state index < -0.39 is 5.60 Å². The molecule has 0 spiro atoms. The second-order valence-electron chi connectivity index (χ2n) is 5.17. The molecule has 21 heavy (non-hydrogen) atoms. The van der Waals surface area contributed by atoms with E-state index in [1.165, 1.54) is 7.11 Å². The summed E-state index contributed by atoms with van der Waals surface area (Å²) in [5.41, 5.74) is 0.598. The van der Waals surface area contributed by atoms with E-state index >= 15 is 0 Å². The van der Waals surface area contributed by atoms with Crippen molar-refractivity contribution < 1.29 is 14.3 Å². The summed E-state index contributed by atoms with van der Waals surface area (Å²) >= 11 is 3.56. The molecule has 1 saturated heterocycles. The van der Waals surface area contributed by atoms with Crippen molar-refractivity contribution >= 4 is 21.9 Å². The summed E-state index contributed by atoms with van der Waals surface area (Å²) in [4.78, 5) is 15.6. The first-order chi connectivity index (χ1) is 10.2. The number of esters is 1. The second-order valence-corrected chi connectivity index (χ2v) is 6.03. The molecular formula is C15H21BrN2O3. The zero-order valence-electron chi connectivity index (χ0n) is 12.2. The quantitative estimate of drug-likeness (QED) is 0.839. The predicted octanol–water partition coefficient (Wildman–Crippen LogP) is 2.39. The molecule has 6 heteroatoms. The van der Waals surface area contributed by atoms with Gasteiger partial charge in [0.05, 0.1) is 12.7 Å². The highest BCUT2D eigenvalue weighted by atomic mass is 79.9. The number of hydrogen-bond donors (Lipinski definition) is 1. The van der Waals surface area contributed by atoms with Crippen molar-refractivity contribution in [2.24, 2.45) is 0 Å². The Labute approximate surface area is 133 Å². The van der Waals surface area contributed by atoms with Crippen LogP contribution in [0.15, 0.2) is 22.9 Å².